The van der Waals surface area contributed by atoms with Crippen LogP contribution in [0.2, 0.25) is 0 Å². The van der Waals surface area contributed by atoms with Crippen molar-refractivity contribution >= 4 is 16.8 Å². The summed E-state index contributed by atoms with van der Waals surface area (Å²) in [6, 6.07) is 0.354. The minimum atomic E-state index is -0.399. The molecule has 0 aliphatic carbocycles. The molecule has 4 heteroatoms. The van der Waals surface area contributed by atoms with Crippen molar-refractivity contribution in [3.05, 3.63) is 12.2 Å². The molecule has 0 bridgehead atoms. The lowest BCUT2D eigenvalue weighted by atomic mass is 10.2. The van der Waals surface area contributed by atoms with Gasteiger partial charge in [-0.05, 0) is 37.1 Å². The fraction of sp³-hybridized carbons (Fsp3) is 0.700. The number of likely N-dealkylation sites (tertiary alicyclic amines) is 1. The zero-order valence-corrected chi connectivity index (χ0v) is 9.17. The van der Waals surface area contributed by atoms with Gasteiger partial charge in [-0.25, -0.2) is 0 Å². The molecule has 0 radical (unpaired) electrons. The number of rotatable bonds is 5. The number of halogens is 1. The molecule has 1 unspecified atom stereocenters. The zero-order valence-electron chi connectivity index (χ0n) is 8.41. The lowest BCUT2D eigenvalue weighted by Gasteiger charge is -2.20. The van der Waals surface area contributed by atoms with Crippen LogP contribution in [0.4, 0.5) is 0 Å². The molecule has 1 aliphatic rings. The van der Waals surface area contributed by atoms with Crippen molar-refractivity contribution in [2.45, 2.75) is 18.9 Å². The van der Waals surface area contributed by atoms with E-state index in [-0.39, 0.29) is 0 Å². The number of ether oxygens (including phenoxy) is 1. The largest absolute Gasteiger partial charge is 0.383 e. The molecule has 0 aromatic heterocycles. The van der Waals surface area contributed by atoms with Crippen molar-refractivity contribution in [1.82, 2.24) is 4.90 Å². The second-order valence-corrected chi connectivity index (χ2v) is 3.77. The maximum atomic E-state index is 10.6. The van der Waals surface area contributed by atoms with Crippen molar-refractivity contribution in [1.29, 1.82) is 0 Å². The standard InChI is InChI=1S/C10H16ClNO2/c1-14-8-7-12-6-2-3-9(12)4-5-10(11)13/h4-5,9H,2-3,6-8H2,1H3. The highest BCUT2D eigenvalue weighted by atomic mass is 35.5. The molecule has 0 spiro atoms. The molecule has 0 saturated carbocycles. The Labute approximate surface area is 89.7 Å². The topological polar surface area (TPSA) is 29.5 Å². The highest BCUT2D eigenvalue weighted by Crippen LogP contribution is 2.17. The number of hydrogen-bond donors (Lipinski definition) is 0. The molecule has 1 rings (SSSR count). The van der Waals surface area contributed by atoms with E-state index in [1.165, 1.54) is 12.5 Å². The maximum Gasteiger partial charge on any atom is 0.244 e. The van der Waals surface area contributed by atoms with Crippen LogP contribution in [0.25, 0.3) is 0 Å². The average molecular weight is 218 g/mol. The van der Waals surface area contributed by atoms with Gasteiger partial charge < -0.3 is 4.74 Å². The van der Waals surface area contributed by atoms with E-state index in [9.17, 15) is 4.79 Å². The van der Waals surface area contributed by atoms with E-state index >= 15 is 0 Å². The van der Waals surface area contributed by atoms with Crippen molar-refractivity contribution in [2.75, 3.05) is 26.8 Å². The third-order valence-corrected chi connectivity index (χ3v) is 2.57. The molecule has 1 aliphatic heterocycles. The first-order valence-corrected chi connectivity index (χ1v) is 5.22. The summed E-state index contributed by atoms with van der Waals surface area (Å²) in [5.74, 6) is 0. The van der Waals surface area contributed by atoms with E-state index in [0.29, 0.717) is 6.04 Å². The average Bonchev–Trinajstić information content (AvgIpc) is 2.58. The molecule has 0 aromatic rings. The Balaban J connectivity index is 2.38. The van der Waals surface area contributed by atoms with Crippen LogP contribution in [0.15, 0.2) is 12.2 Å². The molecular formula is C10H16ClNO2. The van der Waals surface area contributed by atoms with Gasteiger partial charge in [0.05, 0.1) is 6.61 Å². The van der Waals surface area contributed by atoms with E-state index in [1.54, 1.807) is 7.11 Å². The van der Waals surface area contributed by atoms with Crippen molar-refractivity contribution in [3.63, 3.8) is 0 Å². The Bertz CT molecular complexity index is 218. The first kappa shape index (κ1) is 11.7. The Hall–Kier alpha value is -0.380. The third kappa shape index (κ3) is 3.78. The van der Waals surface area contributed by atoms with Crippen LogP contribution >= 0.6 is 11.6 Å². The number of carbonyl (C=O) groups excluding carboxylic acids is 1. The van der Waals surface area contributed by atoms with Crippen LogP contribution < -0.4 is 0 Å². The van der Waals surface area contributed by atoms with Crippen LogP contribution in [0.5, 0.6) is 0 Å². The Morgan fingerprint density at radius 2 is 2.50 bits per heavy atom. The SMILES string of the molecule is COCCN1CCCC1C=CC(=O)Cl. The monoisotopic (exact) mass is 217 g/mol. The van der Waals surface area contributed by atoms with Crippen LogP contribution in [0.3, 0.4) is 0 Å². The van der Waals surface area contributed by atoms with Gasteiger partial charge >= 0.3 is 0 Å². The summed E-state index contributed by atoms with van der Waals surface area (Å²) in [5, 5.41) is -0.399. The number of nitrogens with zero attached hydrogens (tertiary/aromatic N) is 1. The van der Waals surface area contributed by atoms with E-state index in [1.807, 2.05) is 6.08 Å². The predicted octanol–water partition coefficient (Wildman–Crippen LogP) is 1.42. The van der Waals surface area contributed by atoms with Crippen molar-refractivity contribution in [2.24, 2.45) is 0 Å². The lowest BCUT2D eigenvalue weighted by Crippen LogP contribution is -2.31. The summed E-state index contributed by atoms with van der Waals surface area (Å²) < 4.78 is 5.02. The van der Waals surface area contributed by atoms with Crippen LogP contribution in [0.1, 0.15) is 12.8 Å². The van der Waals surface area contributed by atoms with Gasteiger partial charge in [-0.1, -0.05) is 6.08 Å². The molecule has 3 nitrogen and oxygen atoms in total. The van der Waals surface area contributed by atoms with Crippen LogP contribution in [0, 0.1) is 0 Å². The number of allylic oxidation sites excluding steroid dienone is 1. The quantitative estimate of drug-likeness (QED) is 0.515. The highest BCUT2D eigenvalue weighted by Gasteiger charge is 2.21. The third-order valence-electron chi connectivity index (χ3n) is 2.45. The summed E-state index contributed by atoms with van der Waals surface area (Å²) in [5.41, 5.74) is 0. The number of methoxy groups -OCH3 is 1. The van der Waals surface area contributed by atoms with Gasteiger partial charge in [0.2, 0.25) is 5.24 Å². The molecule has 80 valence electrons. The Morgan fingerprint density at radius 1 is 1.71 bits per heavy atom. The van der Waals surface area contributed by atoms with E-state index in [0.717, 1.165) is 26.1 Å². The van der Waals surface area contributed by atoms with Gasteiger partial charge in [0.25, 0.3) is 0 Å². The van der Waals surface area contributed by atoms with E-state index < -0.39 is 5.24 Å². The Morgan fingerprint density at radius 3 is 3.14 bits per heavy atom. The molecule has 1 saturated heterocycles. The summed E-state index contributed by atoms with van der Waals surface area (Å²) in [4.78, 5) is 12.9. The molecule has 0 N–H and O–H groups in total. The molecule has 14 heavy (non-hydrogen) atoms. The highest BCUT2D eigenvalue weighted by molar-refractivity contribution is 6.66. The molecule has 1 fully saturated rings. The van der Waals surface area contributed by atoms with Crippen molar-refractivity contribution < 1.29 is 9.53 Å². The fourth-order valence-corrected chi connectivity index (χ4v) is 1.82. The minimum Gasteiger partial charge on any atom is -0.383 e. The lowest BCUT2D eigenvalue weighted by molar-refractivity contribution is -0.107. The molecular weight excluding hydrogens is 202 g/mol. The molecule has 0 aromatic carbocycles. The second kappa shape index (κ2) is 6.17. The van der Waals surface area contributed by atoms with Gasteiger partial charge in [-0.3, -0.25) is 9.69 Å². The number of hydrogen-bond acceptors (Lipinski definition) is 3. The second-order valence-electron chi connectivity index (χ2n) is 3.40. The summed E-state index contributed by atoms with van der Waals surface area (Å²) in [6.45, 7) is 2.73. The van der Waals surface area contributed by atoms with Gasteiger partial charge in [0.1, 0.15) is 0 Å². The van der Waals surface area contributed by atoms with Gasteiger partial charge in [-0.15, -0.1) is 0 Å². The summed E-state index contributed by atoms with van der Waals surface area (Å²) in [7, 11) is 1.70. The van der Waals surface area contributed by atoms with E-state index in [2.05, 4.69) is 4.90 Å². The maximum absolute atomic E-state index is 10.6. The van der Waals surface area contributed by atoms with Crippen LogP contribution in [-0.4, -0.2) is 43.0 Å². The molecule has 1 atom stereocenters. The van der Waals surface area contributed by atoms with E-state index in [4.69, 9.17) is 16.3 Å². The van der Waals surface area contributed by atoms with Gasteiger partial charge in [0.15, 0.2) is 0 Å². The first-order chi connectivity index (χ1) is 6.74. The molecule has 0 amide bonds. The van der Waals surface area contributed by atoms with Gasteiger partial charge in [0, 0.05) is 19.7 Å². The zero-order chi connectivity index (χ0) is 10.4. The Kier molecular flexibility index (Phi) is 5.15. The minimum absolute atomic E-state index is 0.354. The van der Waals surface area contributed by atoms with Gasteiger partial charge in [-0.2, -0.15) is 0 Å². The predicted molar refractivity (Wildman–Crippen MR) is 56.5 cm³/mol. The summed E-state index contributed by atoms with van der Waals surface area (Å²) in [6.07, 6.45) is 5.61. The van der Waals surface area contributed by atoms with Crippen LogP contribution in [-0.2, 0) is 9.53 Å². The summed E-state index contributed by atoms with van der Waals surface area (Å²) >= 11 is 5.24. The fourth-order valence-electron chi connectivity index (χ4n) is 1.74. The number of carbonyl (C=O) groups is 1. The normalized spacial score (nSPS) is 23.4. The smallest absolute Gasteiger partial charge is 0.244 e. The first-order valence-electron chi connectivity index (χ1n) is 4.84. The molecule has 1 heterocycles. The van der Waals surface area contributed by atoms with Crippen molar-refractivity contribution in [3.8, 4) is 0 Å².